The SMILES string of the molecule is COc1ccccc1C(=O)Oc1ccc(CO[Si](C)(C)C(C)(C)C)cc1. The van der Waals surface area contributed by atoms with Crippen molar-refractivity contribution in [3.05, 3.63) is 59.7 Å². The van der Waals surface area contributed by atoms with E-state index in [1.807, 2.05) is 18.2 Å². The molecule has 5 heteroatoms. The maximum absolute atomic E-state index is 12.3. The van der Waals surface area contributed by atoms with Crippen LogP contribution >= 0.6 is 0 Å². The second-order valence-electron chi connectivity index (χ2n) is 7.78. The number of benzene rings is 2. The molecule has 0 aliphatic carbocycles. The Labute approximate surface area is 157 Å². The van der Waals surface area contributed by atoms with Gasteiger partial charge in [0.2, 0.25) is 0 Å². The fraction of sp³-hybridized carbons (Fsp3) is 0.381. The molecular weight excluding hydrogens is 344 g/mol. The number of para-hydroxylation sites is 1. The van der Waals surface area contributed by atoms with Gasteiger partial charge in [0.1, 0.15) is 17.1 Å². The van der Waals surface area contributed by atoms with Gasteiger partial charge in [0.05, 0.1) is 13.7 Å². The van der Waals surface area contributed by atoms with Gasteiger partial charge in [-0.1, -0.05) is 45.0 Å². The van der Waals surface area contributed by atoms with Gasteiger partial charge >= 0.3 is 5.97 Å². The molecule has 0 unspecified atom stereocenters. The summed E-state index contributed by atoms with van der Waals surface area (Å²) in [4.78, 5) is 12.3. The van der Waals surface area contributed by atoms with Gasteiger partial charge in [0.15, 0.2) is 8.32 Å². The number of rotatable bonds is 6. The molecule has 0 heterocycles. The first-order valence-corrected chi connectivity index (χ1v) is 11.6. The zero-order valence-corrected chi connectivity index (χ0v) is 17.5. The van der Waals surface area contributed by atoms with Crippen LogP contribution in [0, 0.1) is 0 Å². The highest BCUT2D eigenvalue weighted by molar-refractivity contribution is 6.74. The van der Waals surface area contributed by atoms with Gasteiger partial charge in [-0.05, 0) is 48.0 Å². The Morgan fingerprint density at radius 2 is 1.62 bits per heavy atom. The van der Waals surface area contributed by atoms with Gasteiger partial charge in [-0.25, -0.2) is 4.79 Å². The van der Waals surface area contributed by atoms with E-state index in [2.05, 4.69) is 33.9 Å². The van der Waals surface area contributed by atoms with Crippen molar-refractivity contribution in [2.24, 2.45) is 0 Å². The number of ether oxygens (including phenoxy) is 2. The summed E-state index contributed by atoms with van der Waals surface area (Å²) in [6.45, 7) is 11.7. The van der Waals surface area contributed by atoms with Crippen molar-refractivity contribution < 1.29 is 18.7 Å². The van der Waals surface area contributed by atoms with Crippen LogP contribution in [0.2, 0.25) is 18.1 Å². The van der Waals surface area contributed by atoms with Crippen LogP contribution in [-0.2, 0) is 11.0 Å². The maximum atomic E-state index is 12.3. The topological polar surface area (TPSA) is 44.8 Å². The summed E-state index contributed by atoms with van der Waals surface area (Å²) in [6.07, 6.45) is 0. The van der Waals surface area contributed by atoms with Crippen molar-refractivity contribution in [2.75, 3.05) is 7.11 Å². The van der Waals surface area contributed by atoms with E-state index >= 15 is 0 Å². The van der Waals surface area contributed by atoms with E-state index in [9.17, 15) is 4.79 Å². The molecule has 0 fully saturated rings. The van der Waals surface area contributed by atoms with E-state index < -0.39 is 14.3 Å². The molecule has 2 aromatic rings. The largest absolute Gasteiger partial charge is 0.496 e. The zero-order valence-electron chi connectivity index (χ0n) is 16.5. The number of esters is 1. The highest BCUT2D eigenvalue weighted by Gasteiger charge is 2.36. The summed E-state index contributed by atoms with van der Waals surface area (Å²) in [5.74, 6) is 0.557. The zero-order chi connectivity index (χ0) is 19.4. The number of hydrogen-bond donors (Lipinski definition) is 0. The number of methoxy groups -OCH3 is 1. The molecule has 0 aromatic heterocycles. The molecule has 0 saturated carbocycles. The predicted octanol–water partition coefficient (Wildman–Crippen LogP) is 5.44. The van der Waals surface area contributed by atoms with Gasteiger partial charge in [0, 0.05) is 0 Å². The lowest BCUT2D eigenvalue weighted by molar-refractivity contribution is 0.0731. The van der Waals surface area contributed by atoms with Gasteiger partial charge in [0.25, 0.3) is 0 Å². The molecule has 0 aliphatic rings. The van der Waals surface area contributed by atoms with Gasteiger partial charge in [-0.15, -0.1) is 0 Å². The first kappa shape index (κ1) is 20.2. The first-order valence-electron chi connectivity index (χ1n) is 8.72. The van der Waals surface area contributed by atoms with Crippen molar-refractivity contribution in [3.63, 3.8) is 0 Å². The molecule has 0 saturated heterocycles. The van der Waals surface area contributed by atoms with E-state index in [1.54, 1.807) is 30.3 Å². The number of hydrogen-bond acceptors (Lipinski definition) is 4. The van der Waals surface area contributed by atoms with Crippen molar-refractivity contribution >= 4 is 14.3 Å². The molecule has 4 nitrogen and oxygen atoms in total. The van der Waals surface area contributed by atoms with Gasteiger partial charge in [-0.2, -0.15) is 0 Å². The third-order valence-electron chi connectivity index (χ3n) is 4.87. The van der Waals surface area contributed by atoms with E-state index in [1.165, 1.54) is 7.11 Å². The van der Waals surface area contributed by atoms with Crippen LogP contribution in [0.1, 0.15) is 36.7 Å². The fourth-order valence-corrected chi connectivity index (χ4v) is 3.07. The molecule has 0 radical (unpaired) electrons. The monoisotopic (exact) mass is 372 g/mol. The molecule has 0 aliphatic heterocycles. The summed E-state index contributed by atoms with van der Waals surface area (Å²) >= 11 is 0. The molecule has 140 valence electrons. The van der Waals surface area contributed by atoms with Crippen molar-refractivity contribution in [2.45, 2.75) is 45.5 Å². The van der Waals surface area contributed by atoms with E-state index in [4.69, 9.17) is 13.9 Å². The second-order valence-corrected chi connectivity index (χ2v) is 12.6. The van der Waals surface area contributed by atoms with Crippen LogP contribution in [0.25, 0.3) is 0 Å². The molecule has 2 aromatic carbocycles. The van der Waals surface area contributed by atoms with Crippen molar-refractivity contribution in [1.29, 1.82) is 0 Å². The second kappa shape index (κ2) is 8.06. The lowest BCUT2D eigenvalue weighted by Gasteiger charge is -2.36. The Morgan fingerprint density at radius 3 is 2.19 bits per heavy atom. The van der Waals surface area contributed by atoms with Crippen LogP contribution in [0.5, 0.6) is 11.5 Å². The number of carbonyl (C=O) groups is 1. The van der Waals surface area contributed by atoms with E-state index in [0.717, 1.165) is 5.56 Å². The lowest BCUT2D eigenvalue weighted by Crippen LogP contribution is -2.40. The standard InChI is InChI=1S/C21H28O4Si/c1-21(2,3)26(5,6)24-15-16-11-13-17(14-12-16)25-20(22)18-9-7-8-10-19(18)23-4/h7-14H,15H2,1-6H3. The summed E-state index contributed by atoms with van der Waals surface area (Å²) in [7, 11) is -0.250. The highest BCUT2D eigenvalue weighted by Crippen LogP contribution is 2.37. The highest BCUT2D eigenvalue weighted by atomic mass is 28.4. The Balaban J connectivity index is 2.00. The Bertz CT molecular complexity index is 745. The van der Waals surface area contributed by atoms with Crippen LogP contribution in [0.15, 0.2) is 48.5 Å². The molecule has 0 N–H and O–H groups in total. The van der Waals surface area contributed by atoms with Gasteiger partial charge < -0.3 is 13.9 Å². The third-order valence-corrected chi connectivity index (χ3v) is 9.35. The summed E-state index contributed by atoms with van der Waals surface area (Å²) in [5.41, 5.74) is 1.47. The van der Waals surface area contributed by atoms with Crippen LogP contribution in [0.4, 0.5) is 0 Å². The molecule has 0 atom stereocenters. The smallest absolute Gasteiger partial charge is 0.347 e. The Morgan fingerprint density at radius 1 is 1.00 bits per heavy atom. The average Bonchev–Trinajstić information content (AvgIpc) is 2.60. The summed E-state index contributed by atoms with van der Waals surface area (Å²) in [6, 6.07) is 14.4. The molecular formula is C21H28O4Si. The van der Waals surface area contributed by atoms with Crippen LogP contribution in [-0.4, -0.2) is 21.4 Å². The minimum atomic E-state index is -1.78. The molecule has 0 bridgehead atoms. The lowest BCUT2D eigenvalue weighted by atomic mass is 10.2. The minimum absolute atomic E-state index is 0.178. The molecule has 2 rings (SSSR count). The predicted molar refractivity (Wildman–Crippen MR) is 106 cm³/mol. The van der Waals surface area contributed by atoms with Crippen molar-refractivity contribution in [1.82, 2.24) is 0 Å². The maximum Gasteiger partial charge on any atom is 0.347 e. The third kappa shape index (κ3) is 4.96. The normalized spacial score (nSPS) is 11.9. The average molecular weight is 373 g/mol. The van der Waals surface area contributed by atoms with E-state index in [0.29, 0.717) is 23.7 Å². The summed E-state index contributed by atoms with van der Waals surface area (Å²) < 4.78 is 16.9. The molecule has 26 heavy (non-hydrogen) atoms. The minimum Gasteiger partial charge on any atom is -0.496 e. The Kier molecular flexibility index (Phi) is 6.26. The summed E-state index contributed by atoms with van der Waals surface area (Å²) in [5, 5.41) is 0.178. The molecule has 0 amide bonds. The van der Waals surface area contributed by atoms with Crippen LogP contribution in [0.3, 0.4) is 0 Å². The first-order chi connectivity index (χ1) is 12.1. The Hall–Kier alpha value is -2.11. The van der Waals surface area contributed by atoms with Gasteiger partial charge in [-0.3, -0.25) is 0 Å². The quantitative estimate of drug-likeness (QED) is 0.385. The van der Waals surface area contributed by atoms with Crippen molar-refractivity contribution in [3.8, 4) is 11.5 Å². The van der Waals surface area contributed by atoms with Crippen LogP contribution < -0.4 is 9.47 Å². The molecule has 0 spiro atoms. The van der Waals surface area contributed by atoms with E-state index in [-0.39, 0.29) is 5.04 Å². The fourth-order valence-electron chi connectivity index (χ4n) is 2.11. The number of carbonyl (C=O) groups excluding carboxylic acids is 1.